The molecule has 5 aromatic rings. The molecule has 7 heteroatoms. The van der Waals surface area contributed by atoms with E-state index in [2.05, 4.69) is 49.4 Å². The first-order chi connectivity index (χ1) is 15.7. The number of fused-ring (bicyclic) bond motifs is 1. The fourth-order valence-corrected chi connectivity index (χ4v) is 3.58. The van der Waals surface area contributed by atoms with Crippen LogP contribution in [0.3, 0.4) is 0 Å². The molecule has 0 bridgehead atoms. The molecule has 0 spiro atoms. The molecule has 32 heavy (non-hydrogen) atoms. The van der Waals surface area contributed by atoms with Crippen LogP contribution in [0, 0.1) is 5.82 Å². The molecule has 0 saturated heterocycles. The summed E-state index contributed by atoms with van der Waals surface area (Å²) >= 11 is 0. The van der Waals surface area contributed by atoms with Crippen LogP contribution in [0.4, 0.5) is 21.8 Å². The molecule has 0 aliphatic heterocycles. The van der Waals surface area contributed by atoms with Crippen LogP contribution in [0.1, 0.15) is 11.1 Å². The minimum Gasteiger partial charge on any atom is -0.346 e. The predicted molar refractivity (Wildman–Crippen MR) is 124 cm³/mol. The van der Waals surface area contributed by atoms with E-state index in [-0.39, 0.29) is 5.82 Å². The second kappa shape index (κ2) is 8.85. The maximum Gasteiger partial charge on any atom is 0.231 e. The molecule has 3 aromatic carbocycles. The Morgan fingerprint density at radius 1 is 0.781 bits per heavy atom. The highest BCUT2D eigenvalue weighted by molar-refractivity contribution is 5.84. The summed E-state index contributed by atoms with van der Waals surface area (Å²) in [6, 6.07) is 26.6. The second-order valence-corrected chi connectivity index (χ2v) is 7.43. The Kier molecular flexibility index (Phi) is 5.45. The van der Waals surface area contributed by atoms with Crippen molar-refractivity contribution in [1.82, 2.24) is 19.9 Å². The van der Waals surface area contributed by atoms with Crippen molar-refractivity contribution in [1.29, 1.82) is 0 Å². The number of hydrogen-bond donors (Lipinski definition) is 2. The summed E-state index contributed by atoms with van der Waals surface area (Å²) < 4.78 is 13.3. The lowest BCUT2D eigenvalue weighted by atomic mass is 10.1. The van der Waals surface area contributed by atoms with Crippen molar-refractivity contribution in [3.05, 3.63) is 108 Å². The third-order valence-electron chi connectivity index (χ3n) is 5.10. The molecule has 0 aliphatic rings. The van der Waals surface area contributed by atoms with Crippen LogP contribution in [0.5, 0.6) is 0 Å². The third-order valence-corrected chi connectivity index (χ3v) is 5.10. The first-order valence-electron chi connectivity index (χ1n) is 10.3. The van der Waals surface area contributed by atoms with Crippen molar-refractivity contribution in [2.75, 3.05) is 10.2 Å². The van der Waals surface area contributed by atoms with Gasteiger partial charge in [-0.25, -0.2) is 9.37 Å². The molecular weight excluding hydrogens is 403 g/mol. The fraction of sp³-hybridized carbons (Fsp3) is 0.0800. The van der Waals surface area contributed by atoms with Crippen LogP contribution in [0.2, 0.25) is 0 Å². The van der Waals surface area contributed by atoms with E-state index in [4.69, 9.17) is 4.98 Å². The zero-order chi connectivity index (χ0) is 21.8. The van der Waals surface area contributed by atoms with Gasteiger partial charge in [0.15, 0.2) is 11.5 Å². The van der Waals surface area contributed by atoms with Gasteiger partial charge in [-0.3, -0.25) is 0 Å². The molecule has 0 aliphatic carbocycles. The van der Waals surface area contributed by atoms with Gasteiger partial charge in [0.05, 0.1) is 6.33 Å². The van der Waals surface area contributed by atoms with E-state index >= 15 is 0 Å². The van der Waals surface area contributed by atoms with Crippen molar-refractivity contribution in [3.63, 3.8) is 0 Å². The zero-order valence-electron chi connectivity index (χ0n) is 17.2. The molecule has 0 amide bonds. The van der Waals surface area contributed by atoms with E-state index in [1.807, 2.05) is 36.4 Å². The molecule has 0 radical (unpaired) electrons. The number of nitrogens with one attached hydrogen (secondary N) is 2. The van der Waals surface area contributed by atoms with E-state index in [1.54, 1.807) is 18.5 Å². The number of aromatic amines is 1. The zero-order valence-corrected chi connectivity index (χ0v) is 17.2. The first kappa shape index (κ1) is 19.7. The SMILES string of the molecule is Fc1ccc(Nc2nc(N(Cc3ccccc3)Cc3ccccc3)c3[nH]cnc3n2)cc1. The number of aromatic nitrogens is 4. The molecule has 0 unspecified atom stereocenters. The lowest BCUT2D eigenvalue weighted by molar-refractivity contribution is 0.628. The van der Waals surface area contributed by atoms with Gasteiger partial charge in [-0.1, -0.05) is 60.7 Å². The smallest absolute Gasteiger partial charge is 0.231 e. The average molecular weight is 424 g/mol. The Hall–Kier alpha value is -4.26. The van der Waals surface area contributed by atoms with E-state index < -0.39 is 0 Å². The van der Waals surface area contributed by atoms with Crippen LogP contribution in [-0.4, -0.2) is 19.9 Å². The number of H-pyrrole nitrogens is 1. The van der Waals surface area contributed by atoms with Gasteiger partial charge in [0, 0.05) is 18.8 Å². The molecule has 2 N–H and O–H groups in total. The van der Waals surface area contributed by atoms with Crippen LogP contribution in [0.25, 0.3) is 11.2 Å². The lowest BCUT2D eigenvalue weighted by Gasteiger charge is -2.25. The Bertz CT molecular complexity index is 1260. The number of hydrogen-bond acceptors (Lipinski definition) is 5. The van der Waals surface area contributed by atoms with E-state index in [0.717, 1.165) is 11.3 Å². The minimum atomic E-state index is -0.295. The Morgan fingerprint density at radius 3 is 2.03 bits per heavy atom. The maximum atomic E-state index is 13.3. The quantitative estimate of drug-likeness (QED) is 0.364. The summed E-state index contributed by atoms with van der Waals surface area (Å²) in [6.45, 7) is 1.33. The largest absolute Gasteiger partial charge is 0.346 e. The van der Waals surface area contributed by atoms with Gasteiger partial charge in [-0.2, -0.15) is 9.97 Å². The molecule has 0 atom stereocenters. The van der Waals surface area contributed by atoms with Gasteiger partial charge < -0.3 is 15.2 Å². The van der Waals surface area contributed by atoms with Gasteiger partial charge in [0.1, 0.15) is 11.3 Å². The highest BCUT2D eigenvalue weighted by Crippen LogP contribution is 2.27. The monoisotopic (exact) mass is 424 g/mol. The number of nitrogens with zero attached hydrogens (tertiary/aromatic N) is 4. The number of anilines is 3. The fourth-order valence-electron chi connectivity index (χ4n) is 3.58. The van der Waals surface area contributed by atoms with Crippen LogP contribution in [0.15, 0.2) is 91.3 Å². The van der Waals surface area contributed by atoms with Crippen molar-refractivity contribution in [2.45, 2.75) is 13.1 Å². The van der Waals surface area contributed by atoms with E-state index in [9.17, 15) is 4.39 Å². The summed E-state index contributed by atoms with van der Waals surface area (Å²) in [6.07, 6.45) is 1.62. The molecule has 5 rings (SSSR count). The summed E-state index contributed by atoms with van der Waals surface area (Å²) in [4.78, 5) is 19.1. The highest BCUT2D eigenvalue weighted by atomic mass is 19.1. The standard InChI is InChI=1S/C25H21FN6/c26-20-11-13-21(14-12-20)29-25-30-23-22(27-17-28-23)24(31-25)32(15-18-7-3-1-4-8-18)16-19-9-5-2-6-10-19/h1-14,17H,15-16H2,(H2,27,28,29,30,31). The summed E-state index contributed by atoms with van der Waals surface area (Å²) in [5.41, 5.74) is 4.36. The van der Waals surface area contributed by atoms with Gasteiger partial charge in [0.2, 0.25) is 5.95 Å². The summed E-state index contributed by atoms with van der Waals surface area (Å²) in [5, 5.41) is 3.17. The minimum absolute atomic E-state index is 0.295. The number of halogens is 1. The van der Waals surface area contributed by atoms with Crippen LogP contribution in [-0.2, 0) is 13.1 Å². The number of benzene rings is 3. The Balaban J connectivity index is 1.55. The number of imidazole rings is 1. The van der Waals surface area contributed by atoms with Gasteiger partial charge in [-0.15, -0.1) is 0 Å². The molecule has 0 fully saturated rings. The Labute approximate surface area is 184 Å². The highest BCUT2D eigenvalue weighted by Gasteiger charge is 2.18. The lowest BCUT2D eigenvalue weighted by Crippen LogP contribution is -2.24. The van der Waals surface area contributed by atoms with Gasteiger partial charge in [0.25, 0.3) is 0 Å². The van der Waals surface area contributed by atoms with E-state index in [1.165, 1.54) is 23.3 Å². The van der Waals surface area contributed by atoms with Gasteiger partial charge in [-0.05, 0) is 35.4 Å². The maximum absolute atomic E-state index is 13.3. The Morgan fingerprint density at radius 2 is 1.41 bits per heavy atom. The normalized spacial score (nSPS) is 10.9. The molecule has 0 saturated carbocycles. The average Bonchev–Trinajstić information content (AvgIpc) is 3.30. The van der Waals surface area contributed by atoms with Crippen LogP contribution < -0.4 is 10.2 Å². The topological polar surface area (TPSA) is 69.7 Å². The predicted octanol–water partition coefficient (Wildman–Crippen LogP) is 5.44. The van der Waals surface area contributed by atoms with Crippen LogP contribution >= 0.6 is 0 Å². The first-order valence-corrected chi connectivity index (χ1v) is 10.3. The molecule has 2 aromatic heterocycles. The molecular formula is C25H21FN6. The molecule has 2 heterocycles. The van der Waals surface area contributed by atoms with Gasteiger partial charge >= 0.3 is 0 Å². The molecule has 158 valence electrons. The summed E-state index contributed by atoms with van der Waals surface area (Å²) in [5.74, 6) is 0.846. The molecule has 6 nitrogen and oxygen atoms in total. The van der Waals surface area contributed by atoms with Crippen molar-refractivity contribution in [3.8, 4) is 0 Å². The third kappa shape index (κ3) is 4.41. The second-order valence-electron chi connectivity index (χ2n) is 7.43. The van der Waals surface area contributed by atoms with Crippen molar-refractivity contribution < 1.29 is 4.39 Å². The summed E-state index contributed by atoms with van der Waals surface area (Å²) in [7, 11) is 0. The van der Waals surface area contributed by atoms with Crippen molar-refractivity contribution >= 4 is 28.6 Å². The number of rotatable bonds is 7. The van der Waals surface area contributed by atoms with E-state index in [0.29, 0.717) is 30.4 Å². The van der Waals surface area contributed by atoms with Crippen molar-refractivity contribution in [2.24, 2.45) is 0 Å².